The average Bonchev–Trinajstić information content (AvgIpc) is 2.03. The molecule has 13 heavy (non-hydrogen) atoms. The third-order valence-electron chi connectivity index (χ3n) is 3.16. The molecule has 2 nitrogen and oxygen atoms in total. The lowest BCUT2D eigenvalue weighted by Gasteiger charge is -2.35. The van der Waals surface area contributed by atoms with Gasteiger partial charge in [0.05, 0.1) is 5.60 Å². The maximum Gasteiger partial charge on any atom is 0.0622 e. The van der Waals surface area contributed by atoms with E-state index in [1.54, 1.807) is 0 Å². The van der Waals surface area contributed by atoms with E-state index in [1.807, 2.05) is 13.8 Å². The Morgan fingerprint density at radius 2 is 2.15 bits per heavy atom. The summed E-state index contributed by atoms with van der Waals surface area (Å²) in [6, 6.07) is 0. The van der Waals surface area contributed by atoms with Gasteiger partial charge in [0, 0.05) is 12.5 Å². The molecule has 2 N–H and O–H groups in total. The normalized spacial score (nSPS) is 30.1. The molecule has 0 aromatic rings. The molecule has 0 amide bonds. The van der Waals surface area contributed by atoms with Crippen LogP contribution in [0.4, 0.5) is 0 Å². The Hall–Kier alpha value is -0.340. The summed E-state index contributed by atoms with van der Waals surface area (Å²) in [7, 11) is 0. The average molecular weight is 184 g/mol. The van der Waals surface area contributed by atoms with Gasteiger partial charge < -0.3 is 10.2 Å². The van der Waals surface area contributed by atoms with Gasteiger partial charge in [-0.1, -0.05) is 11.6 Å². The maximum absolute atomic E-state index is 9.83. The standard InChI is InChI=1S/C11H20O2/c1-8-4-5-10(11(2,3)13)6-9(8)7-12/h4,9-10,12-13H,5-7H2,1-3H3/t9-,10-/m0/s1. The van der Waals surface area contributed by atoms with E-state index in [1.165, 1.54) is 5.57 Å². The summed E-state index contributed by atoms with van der Waals surface area (Å²) in [6.45, 7) is 5.96. The molecule has 0 spiro atoms. The van der Waals surface area contributed by atoms with Crippen LogP contribution in [0, 0.1) is 11.8 Å². The van der Waals surface area contributed by atoms with Crippen LogP contribution in [0.3, 0.4) is 0 Å². The molecule has 1 rings (SSSR count). The SMILES string of the molecule is CC1=CC[C@H](C(C)(C)O)C[C@H]1CO. The second-order valence-corrected chi connectivity index (χ2v) is 4.65. The fourth-order valence-electron chi connectivity index (χ4n) is 1.92. The van der Waals surface area contributed by atoms with Crippen molar-refractivity contribution in [3.05, 3.63) is 11.6 Å². The summed E-state index contributed by atoms with van der Waals surface area (Å²) in [4.78, 5) is 0. The van der Waals surface area contributed by atoms with E-state index in [4.69, 9.17) is 5.11 Å². The molecule has 0 fully saturated rings. The van der Waals surface area contributed by atoms with Crippen LogP contribution < -0.4 is 0 Å². The highest BCUT2D eigenvalue weighted by Gasteiger charge is 2.31. The Labute approximate surface area is 80.3 Å². The number of aliphatic hydroxyl groups excluding tert-OH is 1. The Bertz CT molecular complexity index is 201. The summed E-state index contributed by atoms with van der Waals surface area (Å²) < 4.78 is 0. The highest BCUT2D eigenvalue weighted by atomic mass is 16.3. The smallest absolute Gasteiger partial charge is 0.0622 e. The van der Waals surface area contributed by atoms with Gasteiger partial charge in [0.25, 0.3) is 0 Å². The molecule has 0 saturated heterocycles. The summed E-state index contributed by atoms with van der Waals surface area (Å²) >= 11 is 0. The first-order valence-electron chi connectivity index (χ1n) is 4.95. The van der Waals surface area contributed by atoms with Gasteiger partial charge in [0.15, 0.2) is 0 Å². The molecule has 2 heteroatoms. The lowest BCUT2D eigenvalue weighted by Crippen LogP contribution is -2.34. The second-order valence-electron chi connectivity index (χ2n) is 4.65. The first-order valence-corrected chi connectivity index (χ1v) is 4.95. The molecule has 0 aliphatic heterocycles. The van der Waals surface area contributed by atoms with Gasteiger partial charge in [-0.15, -0.1) is 0 Å². The van der Waals surface area contributed by atoms with Gasteiger partial charge in [-0.25, -0.2) is 0 Å². The van der Waals surface area contributed by atoms with Gasteiger partial charge in [-0.2, -0.15) is 0 Å². The van der Waals surface area contributed by atoms with Gasteiger partial charge in [0.1, 0.15) is 0 Å². The first-order chi connectivity index (χ1) is 5.95. The van der Waals surface area contributed by atoms with E-state index in [2.05, 4.69) is 13.0 Å². The minimum Gasteiger partial charge on any atom is -0.396 e. The highest BCUT2D eigenvalue weighted by Crippen LogP contribution is 2.34. The molecule has 0 heterocycles. The molecular formula is C11H20O2. The van der Waals surface area contributed by atoms with Crippen LogP contribution in [0.2, 0.25) is 0 Å². The van der Waals surface area contributed by atoms with Crippen LogP contribution in [0.25, 0.3) is 0 Å². The molecule has 1 aliphatic carbocycles. The van der Waals surface area contributed by atoms with Crippen LogP contribution in [-0.2, 0) is 0 Å². The van der Waals surface area contributed by atoms with E-state index < -0.39 is 5.60 Å². The van der Waals surface area contributed by atoms with Crippen molar-refractivity contribution < 1.29 is 10.2 Å². The van der Waals surface area contributed by atoms with Crippen molar-refractivity contribution in [2.24, 2.45) is 11.8 Å². The lowest BCUT2D eigenvalue weighted by atomic mass is 9.75. The van der Waals surface area contributed by atoms with Crippen molar-refractivity contribution >= 4 is 0 Å². The van der Waals surface area contributed by atoms with Gasteiger partial charge in [0.2, 0.25) is 0 Å². The van der Waals surface area contributed by atoms with Gasteiger partial charge >= 0.3 is 0 Å². The van der Waals surface area contributed by atoms with Crippen LogP contribution in [0.1, 0.15) is 33.6 Å². The predicted octanol–water partition coefficient (Wildman–Crippen LogP) is 1.72. The largest absolute Gasteiger partial charge is 0.396 e. The van der Waals surface area contributed by atoms with Crippen molar-refractivity contribution in [2.75, 3.05) is 6.61 Å². The summed E-state index contributed by atoms with van der Waals surface area (Å²) in [5, 5.41) is 19.0. The van der Waals surface area contributed by atoms with Crippen LogP contribution in [0.5, 0.6) is 0 Å². The van der Waals surface area contributed by atoms with Gasteiger partial charge in [-0.05, 0) is 39.5 Å². The summed E-state index contributed by atoms with van der Waals surface area (Å²) in [5.41, 5.74) is 0.646. The number of allylic oxidation sites excluding steroid dienone is 1. The van der Waals surface area contributed by atoms with Crippen molar-refractivity contribution in [2.45, 2.75) is 39.2 Å². The predicted molar refractivity (Wildman–Crippen MR) is 53.4 cm³/mol. The quantitative estimate of drug-likeness (QED) is 0.641. The van der Waals surface area contributed by atoms with E-state index in [0.29, 0.717) is 0 Å². The molecular weight excluding hydrogens is 164 g/mol. The lowest BCUT2D eigenvalue weighted by molar-refractivity contribution is 0.00276. The van der Waals surface area contributed by atoms with Gasteiger partial charge in [-0.3, -0.25) is 0 Å². The number of hydrogen-bond acceptors (Lipinski definition) is 2. The van der Waals surface area contributed by atoms with Crippen molar-refractivity contribution in [1.82, 2.24) is 0 Å². The zero-order valence-corrected chi connectivity index (χ0v) is 8.75. The van der Waals surface area contributed by atoms with E-state index in [9.17, 15) is 5.11 Å². The Kier molecular flexibility index (Phi) is 3.14. The van der Waals surface area contributed by atoms with Crippen LogP contribution in [0.15, 0.2) is 11.6 Å². The van der Waals surface area contributed by atoms with Crippen LogP contribution >= 0.6 is 0 Å². The number of aliphatic hydroxyl groups is 2. The molecule has 0 radical (unpaired) electrons. The summed E-state index contributed by atoms with van der Waals surface area (Å²) in [5.74, 6) is 0.540. The number of hydrogen-bond donors (Lipinski definition) is 2. The summed E-state index contributed by atoms with van der Waals surface area (Å²) in [6.07, 6.45) is 3.99. The van der Waals surface area contributed by atoms with Crippen molar-refractivity contribution in [3.63, 3.8) is 0 Å². The van der Waals surface area contributed by atoms with E-state index in [-0.39, 0.29) is 18.4 Å². The third kappa shape index (κ3) is 2.55. The zero-order chi connectivity index (χ0) is 10.1. The maximum atomic E-state index is 9.83. The Balaban J connectivity index is 2.68. The molecule has 1 aliphatic rings. The minimum absolute atomic E-state index is 0.203. The monoisotopic (exact) mass is 184 g/mol. The Morgan fingerprint density at radius 3 is 2.62 bits per heavy atom. The highest BCUT2D eigenvalue weighted by molar-refractivity contribution is 5.10. The molecule has 2 atom stereocenters. The zero-order valence-electron chi connectivity index (χ0n) is 8.75. The molecule has 0 aromatic carbocycles. The topological polar surface area (TPSA) is 40.5 Å². The molecule has 0 aromatic heterocycles. The van der Waals surface area contributed by atoms with E-state index in [0.717, 1.165) is 12.8 Å². The van der Waals surface area contributed by atoms with Crippen molar-refractivity contribution in [3.8, 4) is 0 Å². The van der Waals surface area contributed by atoms with E-state index >= 15 is 0 Å². The fourth-order valence-corrected chi connectivity index (χ4v) is 1.92. The van der Waals surface area contributed by atoms with Crippen LogP contribution in [-0.4, -0.2) is 22.4 Å². The van der Waals surface area contributed by atoms with Crippen molar-refractivity contribution in [1.29, 1.82) is 0 Å². The molecule has 0 saturated carbocycles. The third-order valence-corrected chi connectivity index (χ3v) is 3.16. The second kappa shape index (κ2) is 3.81. The Morgan fingerprint density at radius 1 is 1.54 bits per heavy atom. The molecule has 0 bridgehead atoms. The molecule has 0 unspecified atom stereocenters. The molecule has 76 valence electrons. The minimum atomic E-state index is -0.620. The number of rotatable bonds is 2. The fraction of sp³-hybridized carbons (Fsp3) is 0.818. The first kappa shape index (κ1) is 10.7.